The van der Waals surface area contributed by atoms with Crippen LogP contribution in [0.25, 0.3) is 0 Å². The van der Waals surface area contributed by atoms with Gasteiger partial charge in [-0.1, -0.05) is 61.3 Å². The number of benzene rings is 2. The van der Waals surface area contributed by atoms with Gasteiger partial charge in [0.25, 0.3) is 0 Å². The minimum absolute atomic E-state index is 0.565. The van der Waals surface area contributed by atoms with Crippen LogP contribution in [0.5, 0.6) is 0 Å². The van der Waals surface area contributed by atoms with Crippen molar-refractivity contribution in [2.75, 3.05) is 0 Å². The molecule has 1 N–H and O–H groups in total. The van der Waals surface area contributed by atoms with Crippen LogP contribution in [-0.4, -0.2) is 5.11 Å². The molecule has 1 atom stereocenters. The third-order valence-electron chi connectivity index (χ3n) is 3.39. The van der Waals surface area contributed by atoms with Crippen LogP contribution < -0.4 is 0 Å². The Balaban J connectivity index is 2.20. The highest BCUT2D eigenvalue weighted by atomic mass is 79.9. The Kier molecular flexibility index (Phi) is 5.64. The SMILES string of the molecule is CCCCc1ccc(C(O)c2cccc(Br)c2Cl)cc1. The summed E-state index contributed by atoms with van der Waals surface area (Å²) in [6.07, 6.45) is 2.78. The van der Waals surface area contributed by atoms with E-state index < -0.39 is 6.10 Å². The predicted octanol–water partition coefficient (Wildman–Crippen LogP) is 5.53. The summed E-state index contributed by atoms with van der Waals surface area (Å²) in [7, 11) is 0. The van der Waals surface area contributed by atoms with Crippen molar-refractivity contribution in [1.29, 1.82) is 0 Å². The summed E-state index contributed by atoms with van der Waals surface area (Å²) < 4.78 is 0.801. The van der Waals surface area contributed by atoms with E-state index in [1.807, 2.05) is 30.3 Å². The number of aliphatic hydroxyl groups is 1. The summed E-state index contributed by atoms with van der Waals surface area (Å²) in [5, 5.41) is 11.0. The molecule has 2 rings (SSSR count). The topological polar surface area (TPSA) is 20.2 Å². The molecule has 0 spiro atoms. The van der Waals surface area contributed by atoms with E-state index in [2.05, 4.69) is 35.0 Å². The van der Waals surface area contributed by atoms with E-state index in [1.165, 1.54) is 18.4 Å². The molecule has 0 bridgehead atoms. The lowest BCUT2D eigenvalue weighted by Gasteiger charge is -2.14. The molecule has 0 saturated heterocycles. The first-order chi connectivity index (χ1) is 9.63. The summed E-state index contributed by atoms with van der Waals surface area (Å²) in [5.74, 6) is 0. The molecule has 0 heterocycles. The minimum atomic E-state index is -0.694. The van der Waals surface area contributed by atoms with Gasteiger partial charge in [-0.05, 0) is 46.0 Å². The van der Waals surface area contributed by atoms with Gasteiger partial charge >= 0.3 is 0 Å². The minimum Gasteiger partial charge on any atom is -0.384 e. The Morgan fingerprint density at radius 1 is 1.15 bits per heavy atom. The summed E-state index contributed by atoms with van der Waals surface area (Å²) in [5.41, 5.74) is 2.90. The Morgan fingerprint density at radius 2 is 1.85 bits per heavy atom. The number of halogens is 2. The second-order valence-corrected chi connectivity index (χ2v) is 6.12. The molecule has 0 aliphatic heterocycles. The molecule has 0 radical (unpaired) electrons. The van der Waals surface area contributed by atoms with Crippen LogP contribution in [0.3, 0.4) is 0 Å². The first-order valence-electron chi connectivity index (χ1n) is 6.84. The van der Waals surface area contributed by atoms with Gasteiger partial charge in [-0.3, -0.25) is 0 Å². The fourth-order valence-electron chi connectivity index (χ4n) is 2.16. The van der Waals surface area contributed by atoms with Crippen molar-refractivity contribution < 1.29 is 5.11 Å². The normalized spacial score (nSPS) is 12.4. The highest BCUT2D eigenvalue weighted by Gasteiger charge is 2.15. The second kappa shape index (κ2) is 7.26. The monoisotopic (exact) mass is 352 g/mol. The molecule has 2 aromatic rings. The number of hydrogen-bond acceptors (Lipinski definition) is 1. The lowest BCUT2D eigenvalue weighted by molar-refractivity contribution is 0.220. The molecule has 0 aliphatic carbocycles. The molecular formula is C17H18BrClO. The third kappa shape index (κ3) is 3.63. The van der Waals surface area contributed by atoms with E-state index in [-0.39, 0.29) is 0 Å². The van der Waals surface area contributed by atoms with Gasteiger partial charge in [-0.25, -0.2) is 0 Å². The van der Waals surface area contributed by atoms with Gasteiger partial charge < -0.3 is 5.11 Å². The van der Waals surface area contributed by atoms with Crippen molar-refractivity contribution in [1.82, 2.24) is 0 Å². The van der Waals surface area contributed by atoms with Crippen molar-refractivity contribution in [3.05, 3.63) is 68.7 Å². The van der Waals surface area contributed by atoms with Crippen LogP contribution in [0.4, 0.5) is 0 Å². The van der Waals surface area contributed by atoms with Crippen LogP contribution in [-0.2, 0) is 6.42 Å². The maximum atomic E-state index is 10.5. The molecule has 0 saturated carbocycles. The Morgan fingerprint density at radius 3 is 2.50 bits per heavy atom. The van der Waals surface area contributed by atoms with Crippen LogP contribution in [0.15, 0.2) is 46.9 Å². The second-order valence-electron chi connectivity index (χ2n) is 4.89. The molecule has 0 amide bonds. The zero-order valence-electron chi connectivity index (χ0n) is 11.4. The van der Waals surface area contributed by atoms with Crippen molar-refractivity contribution in [3.8, 4) is 0 Å². The summed E-state index contributed by atoms with van der Waals surface area (Å²) in [6.45, 7) is 2.19. The molecule has 20 heavy (non-hydrogen) atoms. The molecule has 2 aromatic carbocycles. The van der Waals surface area contributed by atoms with Gasteiger partial charge in [-0.2, -0.15) is 0 Å². The van der Waals surface area contributed by atoms with Crippen LogP contribution in [0.1, 0.15) is 42.6 Å². The van der Waals surface area contributed by atoms with E-state index in [4.69, 9.17) is 11.6 Å². The van der Waals surface area contributed by atoms with E-state index in [1.54, 1.807) is 0 Å². The first kappa shape index (κ1) is 15.6. The average molecular weight is 354 g/mol. The molecule has 1 nitrogen and oxygen atoms in total. The first-order valence-corrected chi connectivity index (χ1v) is 8.01. The highest BCUT2D eigenvalue weighted by molar-refractivity contribution is 9.10. The highest BCUT2D eigenvalue weighted by Crippen LogP contribution is 2.33. The van der Waals surface area contributed by atoms with Gasteiger partial charge in [0.05, 0.1) is 5.02 Å². The Bertz CT molecular complexity index is 566. The number of rotatable bonds is 5. The lowest BCUT2D eigenvalue weighted by Crippen LogP contribution is -2.01. The van der Waals surface area contributed by atoms with Crippen LogP contribution in [0, 0.1) is 0 Å². The van der Waals surface area contributed by atoms with Crippen molar-refractivity contribution in [3.63, 3.8) is 0 Å². The van der Waals surface area contributed by atoms with Gasteiger partial charge in [0, 0.05) is 10.0 Å². The molecule has 0 aromatic heterocycles. The lowest BCUT2D eigenvalue weighted by atomic mass is 9.99. The molecule has 3 heteroatoms. The Hall–Kier alpha value is -0.830. The average Bonchev–Trinajstić information content (AvgIpc) is 2.48. The van der Waals surface area contributed by atoms with Crippen molar-refractivity contribution >= 4 is 27.5 Å². The van der Waals surface area contributed by atoms with Gasteiger partial charge in [0.15, 0.2) is 0 Å². The van der Waals surface area contributed by atoms with Crippen molar-refractivity contribution in [2.45, 2.75) is 32.3 Å². The van der Waals surface area contributed by atoms with Gasteiger partial charge in [0.2, 0.25) is 0 Å². The summed E-state index contributed by atoms with van der Waals surface area (Å²) in [6, 6.07) is 13.7. The van der Waals surface area contributed by atoms with E-state index in [0.29, 0.717) is 5.02 Å². The molecule has 0 fully saturated rings. The van der Waals surface area contributed by atoms with Crippen LogP contribution in [0.2, 0.25) is 5.02 Å². The maximum Gasteiger partial charge on any atom is 0.106 e. The number of unbranched alkanes of at least 4 members (excludes halogenated alkanes) is 1. The largest absolute Gasteiger partial charge is 0.384 e. The van der Waals surface area contributed by atoms with Crippen LogP contribution >= 0.6 is 27.5 Å². The molecule has 0 aliphatic rings. The zero-order valence-corrected chi connectivity index (χ0v) is 13.8. The van der Waals surface area contributed by atoms with E-state index in [0.717, 1.165) is 22.0 Å². The number of hydrogen-bond donors (Lipinski definition) is 1. The van der Waals surface area contributed by atoms with E-state index >= 15 is 0 Å². The standard InChI is InChI=1S/C17H18BrClO/c1-2-3-5-12-8-10-13(11-9-12)17(20)14-6-4-7-15(18)16(14)19/h4,6-11,17,20H,2-3,5H2,1H3. The summed E-state index contributed by atoms with van der Waals surface area (Å²) in [4.78, 5) is 0. The number of aryl methyl sites for hydroxylation is 1. The van der Waals surface area contributed by atoms with Gasteiger partial charge in [-0.15, -0.1) is 0 Å². The van der Waals surface area contributed by atoms with Crippen molar-refractivity contribution in [2.24, 2.45) is 0 Å². The smallest absolute Gasteiger partial charge is 0.106 e. The number of aliphatic hydroxyl groups excluding tert-OH is 1. The third-order valence-corrected chi connectivity index (χ3v) is 4.70. The summed E-state index contributed by atoms with van der Waals surface area (Å²) >= 11 is 9.61. The van der Waals surface area contributed by atoms with E-state index in [9.17, 15) is 5.11 Å². The maximum absolute atomic E-state index is 10.5. The van der Waals surface area contributed by atoms with Gasteiger partial charge in [0.1, 0.15) is 6.10 Å². The quantitative estimate of drug-likeness (QED) is 0.749. The molecule has 106 valence electrons. The Labute approximate surface area is 133 Å². The molecule has 1 unspecified atom stereocenters. The zero-order chi connectivity index (χ0) is 14.5. The molecular weight excluding hydrogens is 336 g/mol. The predicted molar refractivity (Wildman–Crippen MR) is 88.3 cm³/mol. The fraction of sp³-hybridized carbons (Fsp3) is 0.294. The fourth-order valence-corrected chi connectivity index (χ4v) is 2.77.